The first-order valence-corrected chi connectivity index (χ1v) is 11.2. The fourth-order valence-corrected chi connectivity index (χ4v) is 4.40. The predicted molar refractivity (Wildman–Crippen MR) is 115 cm³/mol. The molecule has 5 nitrogen and oxygen atoms in total. The molecule has 3 aromatic carbocycles. The standard InChI is InChI=1S/C21H20N2O3S2/c1-23(17-8-4-3-5-9-17)28(25,26)18-14-12-16(13-15-18)21(24)22-19-10-6-7-11-20(19)27-2/h3-15H,1-2H3,(H,22,24). The van der Waals surface area contributed by atoms with Crippen LogP contribution in [0.15, 0.2) is 88.7 Å². The summed E-state index contributed by atoms with van der Waals surface area (Å²) in [7, 11) is -2.20. The highest BCUT2D eigenvalue weighted by Crippen LogP contribution is 2.26. The lowest BCUT2D eigenvalue weighted by molar-refractivity contribution is 0.102. The van der Waals surface area contributed by atoms with Gasteiger partial charge < -0.3 is 5.32 Å². The Morgan fingerprint density at radius 2 is 1.50 bits per heavy atom. The topological polar surface area (TPSA) is 66.5 Å². The van der Waals surface area contributed by atoms with Crippen LogP contribution in [0.2, 0.25) is 0 Å². The van der Waals surface area contributed by atoms with Gasteiger partial charge in [0.05, 0.1) is 16.3 Å². The highest BCUT2D eigenvalue weighted by atomic mass is 32.2. The molecule has 0 fully saturated rings. The quantitative estimate of drug-likeness (QED) is 0.606. The summed E-state index contributed by atoms with van der Waals surface area (Å²) >= 11 is 1.54. The van der Waals surface area contributed by atoms with Gasteiger partial charge >= 0.3 is 0 Å². The highest BCUT2D eigenvalue weighted by molar-refractivity contribution is 7.98. The third kappa shape index (κ3) is 4.21. The fourth-order valence-electron chi connectivity index (χ4n) is 2.66. The van der Waals surface area contributed by atoms with E-state index in [9.17, 15) is 13.2 Å². The summed E-state index contributed by atoms with van der Waals surface area (Å²) in [6.07, 6.45) is 1.94. The van der Waals surface area contributed by atoms with Crippen molar-refractivity contribution in [2.24, 2.45) is 0 Å². The number of carbonyl (C=O) groups is 1. The summed E-state index contributed by atoms with van der Waals surface area (Å²) in [6, 6.07) is 22.3. The van der Waals surface area contributed by atoms with E-state index in [4.69, 9.17) is 0 Å². The number of para-hydroxylation sites is 2. The summed E-state index contributed by atoms with van der Waals surface area (Å²) in [4.78, 5) is 13.6. The molecule has 1 N–H and O–H groups in total. The molecule has 0 spiro atoms. The van der Waals surface area contributed by atoms with E-state index >= 15 is 0 Å². The monoisotopic (exact) mass is 412 g/mol. The van der Waals surface area contributed by atoms with Crippen LogP contribution in [0, 0.1) is 0 Å². The van der Waals surface area contributed by atoms with E-state index in [1.807, 2.05) is 36.6 Å². The molecule has 0 heterocycles. The van der Waals surface area contributed by atoms with Crippen LogP contribution in [-0.2, 0) is 10.0 Å². The average Bonchev–Trinajstić information content (AvgIpc) is 2.74. The normalized spacial score (nSPS) is 11.1. The number of thioether (sulfide) groups is 1. The van der Waals surface area contributed by atoms with Crippen LogP contribution in [0.5, 0.6) is 0 Å². The van der Waals surface area contributed by atoms with E-state index in [1.165, 1.54) is 47.4 Å². The summed E-state index contributed by atoms with van der Waals surface area (Å²) in [5.41, 5.74) is 1.68. The van der Waals surface area contributed by atoms with Crippen molar-refractivity contribution in [2.75, 3.05) is 22.9 Å². The Bertz CT molecular complexity index is 1070. The summed E-state index contributed by atoms with van der Waals surface area (Å²) < 4.78 is 26.8. The van der Waals surface area contributed by atoms with E-state index in [1.54, 1.807) is 24.3 Å². The maximum atomic E-state index is 12.8. The van der Waals surface area contributed by atoms with Crippen molar-refractivity contribution in [3.8, 4) is 0 Å². The van der Waals surface area contributed by atoms with Crippen molar-refractivity contribution in [2.45, 2.75) is 9.79 Å². The molecule has 0 aliphatic rings. The van der Waals surface area contributed by atoms with Crippen LogP contribution in [0.1, 0.15) is 10.4 Å². The van der Waals surface area contributed by atoms with Crippen LogP contribution in [0.25, 0.3) is 0 Å². The minimum atomic E-state index is -3.71. The molecule has 3 aromatic rings. The molecular formula is C21H20N2O3S2. The molecule has 0 aliphatic carbocycles. The molecule has 0 aliphatic heterocycles. The Labute approximate surface area is 169 Å². The van der Waals surface area contributed by atoms with E-state index < -0.39 is 10.0 Å². The first kappa shape index (κ1) is 20.0. The van der Waals surface area contributed by atoms with E-state index in [0.717, 1.165) is 10.6 Å². The van der Waals surface area contributed by atoms with Gasteiger partial charge in [0.2, 0.25) is 0 Å². The number of amides is 1. The molecule has 28 heavy (non-hydrogen) atoms. The number of hydrogen-bond acceptors (Lipinski definition) is 4. The number of sulfonamides is 1. The fraction of sp³-hybridized carbons (Fsp3) is 0.0952. The molecule has 1 amide bonds. The third-order valence-electron chi connectivity index (χ3n) is 4.25. The Morgan fingerprint density at radius 3 is 2.14 bits per heavy atom. The molecule has 0 radical (unpaired) electrons. The maximum Gasteiger partial charge on any atom is 0.264 e. The molecule has 0 saturated heterocycles. The number of benzene rings is 3. The first-order valence-electron chi connectivity index (χ1n) is 8.52. The van der Waals surface area contributed by atoms with Gasteiger partial charge in [0.15, 0.2) is 0 Å². The van der Waals surface area contributed by atoms with Crippen LogP contribution in [0.4, 0.5) is 11.4 Å². The van der Waals surface area contributed by atoms with E-state index in [0.29, 0.717) is 11.3 Å². The van der Waals surface area contributed by atoms with E-state index in [-0.39, 0.29) is 10.8 Å². The number of rotatable bonds is 6. The molecule has 0 unspecified atom stereocenters. The van der Waals surface area contributed by atoms with Crippen molar-refractivity contribution < 1.29 is 13.2 Å². The van der Waals surface area contributed by atoms with Crippen molar-refractivity contribution >= 4 is 39.1 Å². The maximum absolute atomic E-state index is 12.8. The molecule has 0 saturated carbocycles. The molecule has 0 atom stereocenters. The van der Waals surface area contributed by atoms with Gasteiger partial charge in [-0.25, -0.2) is 8.42 Å². The number of anilines is 2. The summed E-state index contributed by atoms with van der Waals surface area (Å²) in [5.74, 6) is -0.290. The number of hydrogen-bond donors (Lipinski definition) is 1. The van der Waals surface area contributed by atoms with Gasteiger partial charge in [-0.3, -0.25) is 9.10 Å². The van der Waals surface area contributed by atoms with Gasteiger partial charge in [0.1, 0.15) is 0 Å². The smallest absolute Gasteiger partial charge is 0.264 e. The lowest BCUT2D eigenvalue weighted by Gasteiger charge is -2.19. The van der Waals surface area contributed by atoms with Crippen LogP contribution < -0.4 is 9.62 Å². The van der Waals surface area contributed by atoms with Gasteiger partial charge in [-0.2, -0.15) is 0 Å². The zero-order valence-corrected chi connectivity index (χ0v) is 17.1. The second-order valence-corrected chi connectivity index (χ2v) is 8.80. The largest absolute Gasteiger partial charge is 0.321 e. The molecule has 0 aromatic heterocycles. The van der Waals surface area contributed by atoms with Gasteiger partial charge in [0.25, 0.3) is 15.9 Å². The lowest BCUT2D eigenvalue weighted by atomic mass is 10.2. The minimum absolute atomic E-state index is 0.125. The van der Waals surface area contributed by atoms with Crippen molar-refractivity contribution in [3.05, 3.63) is 84.4 Å². The van der Waals surface area contributed by atoms with Gasteiger partial charge in [-0.05, 0) is 54.8 Å². The zero-order chi connectivity index (χ0) is 20.1. The number of carbonyl (C=O) groups excluding carboxylic acids is 1. The summed E-state index contributed by atoms with van der Waals surface area (Å²) in [5, 5.41) is 2.86. The SMILES string of the molecule is CSc1ccccc1NC(=O)c1ccc(S(=O)(=O)N(C)c2ccccc2)cc1. The van der Waals surface area contributed by atoms with Crippen LogP contribution >= 0.6 is 11.8 Å². The predicted octanol–water partition coefficient (Wildman–Crippen LogP) is 4.49. The van der Waals surface area contributed by atoms with Crippen molar-refractivity contribution in [1.82, 2.24) is 0 Å². The Balaban J connectivity index is 1.80. The lowest BCUT2D eigenvalue weighted by Crippen LogP contribution is -2.26. The van der Waals surface area contributed by atoms with Gasteiger partial charge in [0, 0.05) is 17.5 Å². The summed E-state index contributed by atoms with van der Waals surface area (Å²) in [6.45, 7) is 0. The number of nitrogens with zero attached hydrogens (tertiary/aromatic N) is 1. The average molecular weight is 413 g/mol. The van der Waals surface area contributed by atoms with E-state index in [2.05, 4.69) is 5.32 Å². The second-order valence-electron chi connectivity index (χ2n) is 5.99. The minimum Gasteiger partial charge on any atom is -0.321 e. The van der Waals surface area contributed by atoms with Gasteiger partial charge in [-0.1, -0.05) is 30.3 Å². The van der Waals surface area contributed by atoms with Crippen molar-refractivity contribution in [1.29, 1.82) is 0 Å². The molecular weight excluding hydrogens is 392 g/mol. The number of nitrogens with one attached hydrogen (secondary N) is 1. The van der Waals surface area contributed by atoms with Crippen molar-refractivity contribution in [3.63, 3.8) is 0 Å². The highest BCUT2D eigenvalue weighted by Gasteiger charge is 2.21. The second kappa shape index (κ2) is 8.50. The molecule has 0 bridgehead atoms. The molecule has 144 valence electrons. The molecule has 7 heteroatoms. The first-order chi connectivity index (χ1) is 13.4. The van der Waals surface area contributed by atoms with Crippen LogP contribution in [0.3, 0.4) is 0 Å². The zero-order valence-electron chi connectivity index (χ0n) is 15.5. The Kier molecular flexibility index (Phi) is 6.06. The van der Waals surface area contributed by atoms with Crippen LogP contribution in [-0.4, -0.2) is 27.6 Å². The third-order valence-corrected chi connectivity index (χ3v) is 6.85. The Morgan fingerprint density at radius 1 is 0.893 bits per heavy atom. The van der Waals surface area contributed by atoms with Gasteiger partial charge in [-0.15, -0.1) is 11.8 Å². The molecule has 3 rings (SSSR count). The Hall–Kier alpha value is -2.77.